The summed E-state index contributed by atoms with van der Waals surface area (Å²) in [6, 6.07) is 5.30. The van der Waals surface area contributed by atoms with E-state index in [1.54, 1.807) is 18.2 Å². The number of benzene rings is 1. The number of nitrogens with zero attached hydrogens (tertiary/aromatic N) is 1. The maximum atomic E-state index is 12.1. The highest BCUT2D eigenvalue weighted by Crippen LogP contribution is 2.22. The smallest absolute Gasteiger partial charge is 0.251 e. The summed E-state index contributed by atoms with van der Waals surface area (Å²) in [5.74, 6) is -0.104. The van der Waals surface area contributed by atoms with Crippen molar-refractivity contribution in [3.05, 3.63) is 33.8 Å². The highest BCUT2D eigenvalue weighted by Gasteiger charge is 2.17. The standard InChI is InChI=1S/C15H20Cl2N2O/c1-11(19-7-3-2-4-8-19)10-18-15(20)12-5-6-13(16)14(17)9-12/h5-6,9,11H,2-4,7-8,10H2,1H3,(H,18,20). The first-order valence-corrected chi connectivity index (χ1v) is 7.81. The zero-order chi connectivity index (χ0) is 14.5. The highest BCUT2D eigenvalue weighted by molar-refractivity contribution is 6.42. The van der Waals surface area contributed by atoms with Crippen molar-refractivity contribution in [3.63, 3.8) is 0 Å². The Kier molecular flexibility index (Phi) is 5.70. The fourth-order valence-electron chi connectivity index (χ4n) is 2.47. The van der Waals surface area contributed by atoms with Gasteiger partial charge in [-0.15, -0.1) is 0 Å². The lowest BCUT2D eigenvalue weighted by atomic mass is 10.1. The second-order valence-corrected chi connectivity index (χ2v) is 6.10. The van der Waals surface area contributed by atoms with Crippen LogP contribution < -0.4 is 5.32 Å². The molecule has 1 N–H and O–H groups in total. The number of rotatable bonds is 4. The van der Waals surface area contributed by atoms with Crippen LogP contribution in [0.3, 0.4) is 0 Å². The number of hydrogen-bond donors (Lipinski definition) is 1. The molecule has 2 rings (SSSR count). The minimum atomic E-state index is -0.104. The first-order chi connectivity index (χ1) is 9.58. The molecule has 0 saturated carbocycles. The third kappa shape index (κ3) is 4.11. The fourth-order valence-corrected chi connectivity index (χ4v) is 2.77. The second-order valence-electron chi connectivity index (χ2n) is 5.28. The van der Waals surface area contributed by atoms with Crippen LogP contribution in [0.15, 0.2) is 18.2 Å². The Morgan fingerprint density at radius 2 is 1.95 bits per heavy atom. The van der Waals surface area contributed by atoms with Crippen molar-refractivity contribution in [1.29, 1.82) is 0 Å². The third-order valence-electron chi connectivity index (χ3n) is 3.75. The zero-order valence-electron chi connectivity index (χ0n) is 11.7. The summed E-state index contributed by atoms with van der Waals surface area (Å²) in [4.78, 5) is 14.5. The first kappa shape index (κ1) is 15.6. The number of halogens is 2. The molecule has 0 aromatic heterocycles. The van der Waals surface area contributed by atoms with Gasteiger partial charge in [-0.3, -0.25) is 9.69 Å². The van der Waals surface area contributed by atoms with Gasteiger partial charge in [-0.1, -0.05) is 29.6 Å². The van der Waals surface area contributed by atoms with E-state index in [9.17, 15) is 4.79 Å². The van der Waals surface area contributed by atoms with Gasteiger partial charge in [0.2, 0.25) is 0 Å². The lowest BCUT2D eigenvalue weighted by Crippen LogP contribution is -2.44. The molecule has 1 saturated heterocycles. The minimum Gasteiger partial charge on any atom is -0.350 e. The van der Waals surface area contributed by atoms with Gasteiger partial charge in [0, 0.05) is 18.2 Å². The number of carbonyl (C=O) groups excluding carboxylic acids is 1. The van der Waals surface area contributed by atoms with Gasteiger partial charge >= 0.3 is 0 Å². The molecular weight excluding hydrogens is 295 g/mol. The van der Waals surface area contributed by atoms with Gasteiger partial charge in [0.05, 0.1) is 10.0 Å². The quantitative estimate of drug-likeness (QED) is 0.921. The van der Waals surface area contributed by atoms with Gasteiger partial charge in [-0.05, 0) is 51.1 Å². The maximum absolute atomic E-state index is 12.1. The van der Waals surface area contributed by atoms with Crippen LogP contribution in [-0.2, 0) is 0 Å². The van der Waals surface area contributed by atoms with Gasteiger partial charge in [0.15, 0.2) is 0 Å². The Morgan fingerprint density at radius 3 is 2.60 bits per heavy atom. The lowest BCUT2D eigenvalue weighted by Gasteiger charge is -2.32. The maximum Gasteiger partial charge on any atom is 0.251 e. The number of carbonyl (C=O) groups is 1. The molecule has 0 bridgehead atoms. The molecule has 5 heteroatoms. The van der Waals surface area contributed by atoms with E-state index in [0.29, 0.717) is 28.2 Å². The Hall–Kier alpha value is -0.770. The van der Waals surface area contributed by atoms with Crippen LogP contribution in [0, 0.1) is 0 Å². The number of piperidine rings is 1. The molecule has 1 aromatic rings. The minimum absolute atomic E-state index is 0.104. The van der Waals surface area contributed by atoms with E-state index in [0.717, 1.165) is 13.1 Å². The van der Waals surface area contributed by atoms with Crippen molar-refractivity contribution < 1.29 is 4.79 Å². The van der Waals surface area contributed by atoms with E-state index in [2.05, 4.69) is 17.1 Å². The number of hydrogen-bond acceptors (Lipinski definition) is 2. The molecule has 1 atom stereocenters. The fraction of sp³-hybridized carbons (Fsp3) is 0.533. The molecule has 1 amide bonds. The summed E-state index contributed by atoms with van der Waals surface area (Å²) in [6.07, 6.45) is 3.83. The second kappa shape index (κ2) is 7.30. The van der Waals surface area contributed by atoms with Crippen molar-refractivity contribution in [3.8, 4) is 0 Å². The van der Waals surface area contributed by atoms with Crippen LogP contribution in [0.25, 0.3) is 0 Å². The molecular formula is C15H20Cl2N2O. The molecule has 3 nitrogen and oxygen atoms in total. The molecule has 1 aliphatic rings. The summed E-state index contributed by atoms with van der Waals surface area (Å²) in [5, 5.41) is 3.83. The molecule has 1 fully saturated rings. The number of likely N-dealkylation sites (tertiary alicyclic amines) is 1. The number of nitrogens with one attached hydrogen (secondary N) is 1. The van der Waals surface area contributed by atoms with E-state index in [-0.39, 0.29) is 5.91 Å². The van der Waals surface area contributed by atoms with Crippen LogP contribution in [0.5, 0.6) is 0 Å². The van der Waals surface area contributed by atoms with Crippen molar-refractivity contribution in [2.45, 2.75) is 32.2 Å². The number of amides is 1. The third-order valence-corrected chi connectivity index (χ3v) is 4.49. The molecule has 1 aliphatic heterocycles. The van der Waals surface area contributed by atoms with Gasteiger partial charge in [-0.25, -0.2) is 0 Å². The molecule has 0 spiro atoms. The molecule has 20 heavy (non-hydrogen) atoms. The van der Waals surface area contributed by atoms with Crippen molar-refractivity contribution >= 4 is 29.1 Å². The Morgan fingerprint density at radius 1 is 1.25 bits per heavy atom. The molecule has 1 heterocycles. The Bertz CT molecular complexity index is 473. The molecule has 0 aliphatic carbocycles. The van der Waals surface area contributed by atoms with Gasteiger partial charge in [0.25, 0.3) is 5.91 Å². The predicted octanol–water partition coefficient (Wildman–Crippen LogP) is 3.60. The van der Waals surface area contributed by atoms with Gasteiger partial charge in [0.1, 0.15) is 0 Å². The molecule has 110 valence electrons. The monoisotopic (exact) mass is 314 g/mol. The summed E-state index contributed by atoms with van der Waals surface area (Å²) < 4.78 is 0. The van der Waals surface area contributed by atoms with Crippen LogP contribution in [0.2, 0.25) is 10.0 Å². The average molecular weight is 315 g/mol. The van der Waals surface area contributed by atoms with E-state index >= 15 is 0 Å². The van der Waals surface area contributed by atoms with Crippen LogP contribution in [0.1, 0.15) is 36.5 Å². The van der Waals surface area contributed by atoms with E-state index in [1.807, 2.05) is 0 Å². The topological polar surface area (TPSA) is 32.3 Å². The van der Waals surface area contributed by atoms with E-state index in [1.165, 1.54) is 19.3 Å². The Labute approximate surface area is 130 Å². The zero-order valence-corrected chi connectivity index (χ0v) is 13.2. The van der Waals surface area contributed by atoms with E-state index in [4.69, 9.17) is 23.2 Å². The van der Waals surface area contributed by atoms with Crippen LogP contribution in [-0.4, -0.2) is 36.5 Å². The Balaban J connectivity index is 1.86. The SMILES string of the molecule is CC(CNC(=O)c1ccc(Cl)c(Cl)c1)N1CCCCC1. The van der Waals surface area contributed by atoms with Gasteiger partial charge < -0.3 is 5.32 Å². The average Bonchev–Trinajstić information content (AvgIpc) is 2.48. The van der Waals surface area contributed by atoms with E-state index < -0.39 is 0 Å². The van der Waals surface area contributed by atoms with Crippen LogP contribution in [0.4, 0.5) is 0 Å². The summed E-state index contributed by atoms with van der Waals surface area (Å²) in [7, 11) is 0. The molecule has 1 unspecified atom stereocenters. The van der Waals surface area contributed by atoms with Crippen LogP contribution >= 0.6 is 23.2 Å². The highest BCUT2D eigenvalue weighted by atomic mass is 35.5. The van der Waals surface area contributed by atoms with Crippen molar-refractivity contribution in [2.75, 3.05) is 19.6 Å². The summed E-state index contributed by atoms with van der Waals surface area (Å²) >= 11 is 11.8. The first-order valence-electron chi connectivity index (χ1n) is 7.05. The summed E-state index contributed by atoms with van der Waals surface area (Å²) in [6.45, 7) is 5.06. The largest absolute Gasteiger partial charge is 0.350 e. The van der Waals surface area contributed by atoms with Gasteiger partial charge in [-0.2, -0.15) is 0 Å². The van der Waals surface area contributed by atoms with Crippen molar-refractivity contribution in [2.24, 2.45) is 0 Å². The normalized spacial score (nSPS) is 17.8. The predicted molar refractivity (Wildman–Crippen MR) is 83.7 cm³/mol. The van der Waals surface area contributed by atoms with Crippen molar-refractivity contribution in [1.82, 2.24) is 10.2 Å². The molecule has 0 radical (unpaired) electrons. The molecule has 1 aromatic carbocycles. The summed E-state index contributed by atoms with van der Waals surface area (Å²) in [5.41, 5.74) is 0.547. The lowest BCUT2D eigenvalue weighted by molar-refractivity contribution is 0.0930.